The van der Waals surface area contributed by atoms with E-state index in [1.54, 1.807) is 0 Å². The van der Waals surface area contributed by atoms with Crippen molar-refractivity contribution in [3.05, 3.63) is 24.3 Å². The van der Waals surface area contributed by atoms with Crippen molar-refractivity contribution in [2.24, 2.45) is 0 Å². The Hall–Kier alpha value is -2.04. The van der Waals surface area contributed by atoms with Crippen LogP contribution in [0.3, 0.4) is 0 Å². The summed E-state index contributed by atoms with van der Waals surface area (Å²) in [6.07, 6.45) is 4.66. The molecule has 1 N–H and O–H groups in total. The number of piperidine rings is 1. The van der Waals surface area contributed by atoms with Crippen LogP contribution >= 0.6 is 0 Å². The van der Waals surface area contributed by atoms with Crippen LogP contribution in [0.2, 0.25) is 0 Å². The summed E-state index contributed by atoms with van der Waals surface area (Å²) in [5, 5.41) is 2.81. The minimum Gasteiger partial charge on any atom is -0.372 e. The van der Waals surface area contributed by atoms with Crippen molar-refractivity contribution in [2.45, 2.75) is 39.5 Å². The Morgan fingerprint density at radius 3 is 2.35 bits per heavy atom. The lowest BCUT2D eigenvalue weighted by Gasteiger charge is -2.29. The van der Waals surface area contributed by atoms with Crippen LogP contribution in [0.15, 0.2) is 24.3 Å². The molecule has 1 fully saturated rings. The molecule has 0 saturated carbocycles. The van der Waals surface area contributed by atoms with Gasteiger partial charge in [-0.15, -0.1) is 0 Å². The van der Waals surface area contributed by atoms with E-state index in [-0.39, 0.29) is 18.4 Å². The summed E-state index contributed by atoms with van der Waals surface area (Å²) >= 11 is 0. The zero-order chi connectivity index (χ0) is 16.7. The molecule has 1 aliphatic rings. The van der Waals surface area contributed by atoms with E-state index < -0.39 is 0 Å². The van der Waals surface area contributed by atoms with Crippen LogP contribution < -0.4 is 15.1 Å². The number of amides is 2. The Bertz CT molecular complexity index is 522. The molecule has 5 heteroatoms. The highest BCUT2D eigenvalue weighted by molar-refractivity contribution is 5.97. The van der Waals surface area contributed by atoms with Crippen LogP contribution in [0, 0.1) is 0 Å². The predicted molar refractivity (Wildman–Crippen MR) is 93.8 cm³/mol. The molecule has 2 rings (SSSR count). The Morgan fingerprint density at radius 2 is 1.78 bits per heavy atom. The molecule has 0 atom stereocenters. The summed E-state index contributed by atoms with van der Waals surface area (Å²) in [5.74, 6) is -0.246. The smallest absolute Gasteiger partial charge is 0.240 e. The first-order valence-electron chi connectivity index (χ1n) is 8.51. The standard InChI is InChI=1S/C18H27N3O2/c1-3-11-19-18(23)14-21(15(2)22)17-9-7-16(8-10-17)20-12-5-4-6-13-20/h7-10H,3-6,11-14H2,1-2H3,(H,19,23). The normalized spacial score (nSPS) is 14.4. The third kappa shape index (κ3) is 4.98. The van der Waals surface area contributed by atoms with Gasteiger partial charge < -0.3 is 15.1 Å². The van der Waals surface area contributed by atoms with Gasteiger partial charge >= 0.3 is 0 Å². The molecule has 23 heavy (non-hydrogen) atoms. The number of nitrogens with zero attached hydrogens (tertiary/aromatic N) is 2. The molecular formula is C18H27N3O2. The molecule has 0 aliphatic carbocycles. The molecule has 0 bridgehead atoms. The third-order valence-electron chi connectivity index (χ3n) is 4.14. The first kappa shape index (κ1) is 17.3. The van der Waals surface area contributed by atoms with Gasteiger partial charge in [-0.2, -0.15) is 0 Å². The van der Waals surface area contributed by atoms with Crippen molar-refractivity contribution >= 4 is 23.2 Å². The number of benzene rings is 1. The third-order valence-corrected chi connectivity index (χ3v) is 4.14. The molecule has 0 unspecified atom stereocenters. The van der Waals surface area contributed by atoms with Gasteiger partial charge in [-0.25, -0.2) is 0 Å². The van der Waals surface area contributed by atoms with Crippen molar-refractivity contribution in [3.8, 4) is 0 Å². The maximum atomic E-state index is 11.9. The van der Waals surface area contributed by atoms with Gasteiger partial charge in [-0.1, -0.05) is 6.92 Å². The van der Waals surface area contributed by atoms with E-state index in [1.807, 2.05) is 31.2 Å². The molecule has 1 aromatic carbocycles. The minimum atomic E-state index is -0.123. The molecule has 1 heterocycles. The zero-order valence-electron chi connectivity index (χ0n) is 14.2. The number of carbonyl (C=O) groups excluding carboxylic acids is 2. The maximum absolute atomic E-state index is 11.9. The van der Waals surface area contributed by atoms with Crippen molar-refractivity contribution < 1.29 is 9.59 Å². The number of hydrogen-bond acceptors (Lipinski definition) is 3. The summed E-state index contributed by atoms with van der Waals surface area (Å²) in [5.41, 5.74) is 1.96. The quantitative estimate of drug-likeness (QED) is 0.877. The van der Waals surface area contributed by atoms with Gasteiger partial charge in [0.15, 0.2) is 0 Å². The second-order valence-corrected chi connectivity index (χ2v) is 6.02. The number of rotatable bonds is 6. The maximum Gasteiger partial charge on any atom is 0.240 e. The van der Waals surface area contributed by atoms with Gasteiger partial charge in [0.1, 0.15) is 6.54 Å². The predicted octanol–water partition coefficient (Wildman–Crippen LogP) is 2.56. The topological polar surface area (TPSA) is 52.7 Å². The number of carbonyl (C=O) groups is 2. The summed E-state index contributed by atoms with van der Waals surface area (Å²) in [6.45, 7) is 6.38. The molecule has 1 aliphatic heterocycles. The summed E-state index contributed by atoms with van der Waals surface area (Å²) in [6, 6.07) is 7.94. The highest BCUT2D eigenvalue weighted by atomic mass is 16.2. The average molecular weight is 317 g/mol. The largest absolute Gasteiger partial charge is 0.372 e. The Balaban J connectivity index is 2.04. The molecule has 0 radical (unpaired) electrons. The van der Waals surface area contributed by atoms with Crippen LogP contribution in [0.4, 0.5) is 11.4 Å². The fourth-order valence-electron chi connectivity index (χ4n) is 2.84. The fourth-order valence-corrected chi connectivity index (χ4v) is 2.84. The van der Waals surface area contributed by atoms with E-state index in [0.717, 1.165) is 25.2 Å². The van der Waals surface area contributed by atoms with Crippen LogP contribution in [0.1, 0.15) is 39.5 Å². The summed E-state index contributed by atoms with van der Waals surface area (Å²) in [7, 11) is 0. The highest BCUT2D eigenvalue weighted by Crippen LogP contribution is 2.23. The van der Waals surface area contributed by atoms with Gasteiger partial charge in [-0.05, 0) is 49.9 Å². The van der Waals surface area contributed by atoms with Crippen molar-refractivity contribution in [3.63, 3.8) is 0 Å². The zero-order valence-corrected chi connectivity index (χ0v) is 14.2. The van der Waals surface area contributed by atoms with Crippen LogP contribution in [0.25, 0.3) is 0 Å². The van der Waals surface area contributed by atoms with Crippen molar-refractivity contribution in [2.75, 3.05) is 36.0 Å². The monoisotopic (exact) mass is 317 g/mol. The van der Waals surface area contributed by atoms with Crippen molar-refractivity contribution in [1.29, 1.82) is 0 Å². The van der Waals surface area contributed by atoms with Crippen LogP contribution in [-0.4, -0.2) is 38.0 Å². The second kappa shape index (κ2) is 8.56. The van der Waals surface area contributed by atoms with E-state index in [0.29, 0.717) is 6.54 Å². The minimum absolute atomic E-state index is 0.0679. The Morgan fingerprint density at radius 1 is 1.13 bits per heavy atom. The summed E-state index contributed by atoms with van der Waals surface area (Å²) in [4.78, 5) is 27.7. The SMILES string of the molecule is CCCNC(=O)CN(C(C)=O)c1ccc(N2CCCCC2)cc1. The van der Waals surface area contributed by atoms with E-state index in [2.05, 4.69) is 10.2 Å². The molecule has 5 nitrogen and oxygen atoms in total. The fraction of sp³-hybridized carbons (Fsp3) is 0.556. The van der Waals surface area contributed by atoms with E-state index in [4.69, 9.17) is 0 Å². The number of anilines is 2. The van der Waals surface area contributed by atoms with Gasteiger partial charge in [0.2, 0.25) is 11.8 Å². The molecule has 0 aromatic heterocycles. The number of hydrogen-bond donors (Lipinski definition) is 1. The van der Waals surface area contributed by atoms with E-state index in [1.165, 1.54) is 36.8 Å². The van der Waals surface area contributed by atoms with E-state index >= 15 is 0 Å². The first-order chi connectivity index (χ1) is 11.1. The molecule has 1 aromatic rings. The van der Waals surface area contributed by atoms with Gasteiger partial charge in [-0.3, -0.25) is 9.59 Å². The van der Waals surface area contributed by atoms with Gasteiger partial charge in [0.25, 0.3) is 0 Å². The molecule has 2 amide bonds. The molecule has 1 saturated heterocycles. The molecular weight excluding hydrogens is 290 g/mol. The lowest BCUT2D eigenvalue weighted by molar-refractivity contribution is -0.123. The van der Waals surface area contributed by atoms with Crippen LogP contribution in [0.5, 0.6) is 0 Å². The number of nitrogens with one attached hydrogen (secondary N) is 1. The van der Waals surface area contributed by atoms with Gasteiger partial charge in [0.05, 0.1) is 0 Å². The van der Waals surface area contributed by atoms with Gasteiger partial charge in [0, 0.05) is 37.9 Å². The molecule has 0 spiro atoms. The van der Waals surface area contributed by atoms with E-state index in [9.17, 15) is 9.59 Å². The van der Waals surface area contributed by atoms with Crippen molar-refractivity contribution in [1.82, 2.24) is 5.32 Å². The Kier molecular flexibility index (Phi) is 6.44. The summed E-state index contributed by atoms with van der Waals surface area (Å²) < 4.78 is 0. The molecule has 126 valence electrons. The second-order valence-electron chi connectivity index (χ2n) is 6.02. The first-order valence-corrected chi connectivity index (χ1v) is 8.51. The average Bonchev–Trinajstić information content (AvgIpc) is 2.58. The highest BCUT2D eigenvalue weighted by Gasteiger charge is 2.16. The Labute approximate surface area is 138 Å². The van der Waals surface area contributed by atoms with Crippen LogP contribution in [-0.2, 0) is 9.59 Å². The lowest BCUT2D eigenvalue weighted by atomic mass is 10.1. The lowest BCUT2D eigenvalue weighted by Crippen LogP contribution is -2.40.